The molecule has 0 aromatic rings. The van der Waals surface area contributed by atoms with Crippen LogP contribution in [0, 0.1) is 5.92 Å². The molecule has 4 aliphatic heterocycles. The molecule has 78 valence electrons. The van der Waals surface area contributed by atoms with E-state index in [0.29, 0.717) is 0 Å². The lowest BCUT2D eigenvalue weighted by Gasteiger charge is -2.50. The number of nitrogens with one attached hydrogen (secondary N) is 1. The molecule has 3 fully saturated rings. The Morgan fingerprint density at radius 3 is 2.79 bits per heavy atom. The van der Waals surface area contributed by atoms with Crippen LogP contribution < -0.4 is 5.43 Å². The van der Waals surface area contributed by atoms with Crippen LogP contribution in [0.15, 0.2) is 5.10 Å². The monoisotopic (exact) mass is 195 g/mol. The third-order valence-electron chi connectivity index (χ3n) is 3.98. The molecule has 14 heavy (non-hydrogen) atoms. The zero-order valence-corrected chi connectivity index (χ0v) is 8.62. The van der Waals surface area contributed by atoms with Crippen molar-refractivity contribution >= 4 is 5.90 Å². The molecule has 4 heterocycles. The van der Waals surface area contributed by atoms with Gasteiger partial charge in [0.2, 0.25) is 5.90 Å². The van der Waals surface area contributed by atoms with Crippen LogP contribution in [0.5, 0.6) is 0 Å². The Morgan fingerprint density at radius 1 is 1.50 bits per heavy atom. The van der Waals surface area contributed by atoms with Crippen molar-refractivity contribution in [2.45, 2.75) is 24.8 Å². The van der Waals surface area contributed by atoms with E-state index in [1.165, 1.54) is 25.9 Å². The predicted octanol–water partition coefficient (Wildman–Crippen LogP) is 0.404. The number of fused-ring (bicyclic) bond motifs is 2. The zero-order valence-electron chi connectivity index (χ0n) is 8.62. The minimum Gasteiger partial charge on any atom is -0.483 e. The molecule has 1 unspecified atom stereocenters. The molecule has 4 nitrogen and oxygen atoms in total. The van der Waals surface area contributed by atoms with Crippen LogP contribution in [-0.2, 0) is 4.74 Å². The van der Waals surface area contributed by atoms with E-state index in [2.05, 4.69) is 15.4 Å². The highest BCUT2D eigenvalue weighted by molar-refractivity contribution is 5.79. The van der Waals surface area contributed by atoms with Gasteiger partial charge < -0.3 is 9.64 Å². The van der Waals surface area contributed by atoms with Crippen LogP contribution in [0.3, 0.4) is 0 Å². The van der Waals surface area contributed by atoms with Gasteiger partial charge in [-0.15, -0.1) is 5.10 Å². The van der Waals surface area contributed by atoms with Crippen LogP contribution in [0.25, 0.3) is 0 Å². The molecule has 1 spiro atoms. The van der Waals surface area contributed by atoms with E-state index in [9.17, 15) is 0 Å². The quantitative estimate of drug-likeness (QED) is 0.608. The molecule has 4 rings (SSSR count). The van der Waals surface area contributed by atoms with Crippen LogP contribution >= 0.6 is 0 Å². The lowest BCUT2D eigenvalue weighted by atomic mass is 9.72. The number of nitrogens with zero attached hydrogens (tertiary/aromatic N) is 2. The molecule has 2 bridgehead atoms. The Balaban J connectivity index is 1.80. The molecule has 0 radical (unpaired) electrons. The maximum absolute atomic E-state index is 5.22. The van der Waals surface area contributed by atoms with Crippen LogP contribution in [0.2, 0.25) is 0 Å². The van der Waals surface area contributed by atoms with Crippen LogP contribution in [0.1, 0.15) is 19.3 Å². The van der Waals surface area contributed by atoms with Crippen molar-refractivity contribution in [1.82, 2.24) is 10.3 Å². The average molecular weight is 195 g/mol. The van der Waals surface area contributed by atoms with Gasteiger partial charge in [-0.25, -0.2) is 0 Å². The van der Waals surface area contributed by atoms with Gasteiger partial charge in [0.1, 0.15) is 0 Å². The number of ether oxygens (including phenoxy) is 1. The van der Waals surface area contributed by atoms with Crippen molar-refractivity contribution in [2.24, 2.45) is 11.0 Å². The van der Waals surface area contributed by atoms with Gasteiger partial charge in [0, 0.05) is 6.54 Å². The maximum atomic E-state index is 5.22. The third-order valence-corrected chi connectivity index (χ3v) is 3.98. The van der Waals surface area contributed by atoms with Gasteiger partial charge in [0.05, 0.1) is 19.1 Å². The van der Waals surface area contributed by atoms with E-state index in [4.69, 9.17) is 4.74 Å². The standard InChI is InChI=1S/C10H17N3O/c1-14-9-6-10(12-11-9)7-13-4-2-8(10)3-5-13/h8,12H,2-7H2,1H3. The molecule has 4 heteroatoms. The summed E-state index contributed by atoms with van der Waals surface area (Å²) in [4.78, 5) is 2.54. The summed E-state index contributed by atoms with van der Waals surface area (Å²) in [5.74, 6) is 1.67. The molecule has 0 amide bonds. The molecular formula is C10H17N3O. The summed E-state index contributed by atoms with van der Waals surface area (Å²) in [5.41, 5.74) is 3.54. The molecule has 0 aromatic heterocycles. The number of methoxy groups -OCH3 is 1. The average Bonchev–Trinajstić information content (AvgIpc) is 2.63. The van der Waals surface area contributed by atoms with Gasteiger partial charge in [0.15, 0.2) is 0 Å². The largest absolute Gasteiger partial charge is 0.483 e. The first-order chi connectivity index (χ1) is 6.82. The fraction of sp³-hybridized carbons (Fsp3) is 0.900. The SMILES string of the molecule is COC1=NNC2(C1)CN1CCC2CC1. The van der Waals surface area contributed by atoms with E-state index in [1.54, 1.807) is 7.11 Å². The van der Waals surface area contributed by atoms with Gasteiger partial charge in [-0.2, -0.15) is 0 Å². The zero-order chi connectivity index (χ0) is 9.60. The van der Waals surface area contributed by atoms with E-state index < -0.39 is 0 Å². The van der Waals surface area contributed by atoms with Gasteiger partial charge in [-0.1, -0.05) is 0 Å². The first-order valence-electron chi connectivity index (χ1n) is 5.42. The first kappa shape index (κ1) is 8.53. The van der Waals surface area contributed by atoms with Crippen molar-refractivity contribution in [3.63, 3.8) is 0 Å². The number of hydrogen-bond acceptors (Lipinski definition) is 4. The number of rotatable bonds is 0. The Morgan fingerprint density at radius 2 is 2.29 bits per heavy atom. The summed E-state index contributed by atoms with van der Waals surface area (Å²) in [6.07, 6.45) is 3.61. The second-order valence-corrected chi connectivity index (χ2v) is 4.70. The Kier molecular flexibility index (Phi) is 1.74. The van der Waals surface area contributed by atoms with Crippen molar-refractivity contribution in [3.05, 3.63) is 0 Å². The third kappa shape index (κ3) is 1.06. The van der Waals surface area contributed by atoms with E-state index in [1.807, 2.05) is 0 Å². The molecular weight excluding hydrogens is 178 g/mol. The van der Waals surface area contributed by atoms with Gasteiger partial charge >= 0.3 is 0 Å². The topological polar surface area (TPSA) is 36.9 Å². The normalized spacial score (nSPS) is 45.1. The fourth-order valence-corrected chi connectivity index (χ4v) is 3.14. The Hall–Kier alpha value is -0.770. The van der Waals surface area contributed by atoms with Crippen LogP contribution in [-0.4, -0.2) is 43.1 Å². The summed E-state index contributed by atoms with van der Waals surface area (Å²) in [7, 11) is 1.71. The second kappa shape index (κ2) is 2.86. The summed E-state index contributed by atoms with van der Waals surface area (Å²) in [6.45, 7) is 3.70. The molecule has 3 saturated heterocycles. The molecule has 0 aliphatic carbocycles. The van der Waals surface area contributed by atoms with Crippen molar-refractivity contribution in [1.29, 1.82) is 0 Å². The summed E-state index contributed by atoms with van der Waals surface area (Å²) >= 11 is 0. The summed E-state index contributed by atoms with van der Waals surface area (Å²) in [6, 6.07) is 0. The van der Waals surface area contributed by atoms with Crippen molar-refractivity contribution < 1.29 is 4.74 Å². The van der Waals surface area contributed by atoms with Crippen molar-refractivity contribution in [2.75, 3.05) is 26.7 Å². The van der Waals surface area contributed by atoms with E-state index in [-0.39, 0.29) is 5.54 Å². The second-order valence-electron chi connectivity index (χ2n) is 4.70. The summed E-state index contributed by atoms with van der Waals surface area (Å²) in [5, 5.41) is 4.27. The minimum absolute atomic E-state index is 0.210. The van der Waals surface area contributed by atoms with Crippen LogP contribution in [0.4, 0.5) is 0 Å². The molecule has 1 atom stereocenters. The Labute approximate surface area is 84.3 Å². The van der Waals surface area contributed by atoms with Gasteiger partial charge in [-0.3, -0.25) is 5.43 Å². The molecule has 0 saturated carbocycles. The van der Waals surface area contributed by atoms with E-state index >= 15 is 0 Å². The lowest BCUT2D eigenvalue weighted by molar-refractivity contribution is 0.0154. The van der Waals surface area contributed by atoms with Gasteiger partial charge in [-0.05, 0) is 31.8 Å². The first-order valence-corrected chi connectivity index (χ1v) is 5.42. The van der Waals surface area contributed by atoms with Crippen molar-refractivity contribution in [3.8, 4) is 0 Å². The number of piperidine rings is 3. The fourth-order valence-electron chi connectivity index (χ4n) is 3.14. The number of hydrazone groups is 1. The van der Waals surface area contributed by atoms with E-state index in [0.717, 1.165) is 24.8 Å². The predicted molar refractivity (Wildman–Crippen MR) is 54.1 cm³/mol. The highest BCUT2D eigenvalue weighted by atomic mass is 16.5. The molecule has 4 aliphatic rings. The lowest BCUT2D eigenvalue weighted by Crippen LogP contribution is -2.63. The molecule has 0 aromatic carbocycles. The maximum Gasteiger partial charge on any atom is 0.207 e. The minimum atomic E-state index is 0.210. The highest BCUT2D eigenvalue weighted by Crippen LogP contribution is 2.39. The summed E-state index contributed by atoms with van der Waals surface area (Å²) < 4.78 is 5.22. The molecule has 1 N–H and O–H groups in total. The number of hydrogen-bond donors (Lipinski definition) is 1. The highest BCUT2D eigenvalue weighted by Gasteiger charge is 2.49. The van der Waals surface area contributed by atoms with Gasteiger partial charge in [0.25, 0.3) is 0 Å². The smallest absolute Gasteiger partial charge is 0.207 e. The Bertz CT molecular complexity index is 271.